The van der Waals surface area contributed by atoms with Crippen molar-refractivity contribution in [3.63, 3.8) is 0 Å². The van der Waals surface area contributed by atoms with Crippen LogP contribution in [0.5, 0.6) is 0 Å². The molecular weight excluding hydrogens is 288 g/mol. The molecule has 1 aliphatic heterocycles. The van der Waals surface area contributed by atoms with Gasteiger partial charge in [0.25, 0.3) is 11.8 Å². The van der Waals surface area contributed by atoms with Crippen molar-refractivity contribution >= 4 is 11.8 Å². The van der Waals surface area contributed by atoms with Crippen molar-refractivity contribution in [1.82, 2.24) is 9.80 Å². The molecule has 0 aromatic carbocycles. The highest BCUT2D eigenvalue weighted by molar-refractivity contribution is 5.80. The Kier molecular flexibility index (Phi) is 8.32. The lowest BCUT2D eigenvalue weighted by Gasteiger charge is -2.26. The molecule has 6 N–H and O–H groups in total. The first-order valence-corrected chi connectivity index (χ1v) is 7.82. The summed E-state index contributed by atoms with van der Waals surface area (Å²) < 4.78 is 11.1. The van der Waals surface area contributed by atoms with E-state index in [1.54, 1.807) is 23.6 Å². The zero-order chi connectivity index (χ0) is 16.5. The molecule has 1 aliphatic rings. The highest BCUT2D eigenvalue weighted by Gasteiger charge is 2.22. The third-order valence-electron chi connectivity index (χ3n) is 3.49. The van der Waals surface area contributed by atoms with Gasteiger partial charge in [0.15, 0.2) is 12.1 Å². The molecule has 0 bridgehead atoms. The van der Waals surface area contributed by atoms with Crippen molar-refractivity contribution in [1.29, 1.82) is 0 Å². The second-order valence-electron chi connectivity index (χ2n) is 5.68. The Morgan fingerprint density at radius 1 is 0.773 bits per heavy atom. The molecule has 2 amide bonds. The SMILES string of the molecule is C[C@@H]([NH3+])C(=O)N1CCOCCN(C(=O)[C@@H](C)[NH3+])CCOCC1. The molecule has 2 atom stereocenters. The first-order chi connectivity index (χ1) is 10.4. The molecule has 0 saturated carbocycles. The fourth-order valence-electron chi connectivity index (χ4n) is 2.19. The second-order valence-corrected chi connectivity index (χ2v) is 5.68. The summed E-state index contributed by atoms with van der Waals surface area (Å²) >= 11 is 0. The van der Waals surface area contributed by atoms with E-state index in [2.05, 4.69) is 11.5 Å². The molecule has 0 aromatic rings. The number of nitrogens with zero attached hydrogens (tertiary/aromatic N) is 2. The van der Waals surface area contributed by atoms with E-state index in [-0.39, 0.29) is 23.9 Å². The van der Waals surface area contributed by atoms with Gasteiger partial charge in [-0.25, -0.2) is 0 Å². The Labute approximate surface area is 131 Å². The van der Waals surface area contributed by atoms with Crippen molar-refractivity contribution in [3.8, 4) is 0 Å². The van der Waals surface area contributed by atoms with Gasteiger partial charge in [0.2, 0.25) is 0 Å². The quantitative estimate of drug-likeness (QED) is 0.563. The van der Waals surface area contributed by atoms with E-state index >= 15 is 0 Å². The molecule has 0 spiro atoms. The van der Waals surface area contributed by atoms with Crippen LogP contribution >= 0.6 is 0 Å². The molecule has 8 nitrogen and oxygen atoms in total. The fourth-order valence-corrected chi connectivity index (χ4v) is 2.19. The lowest BCUT2D eigenvalue weighted by molar-refractivity contribution is -0.400. The molecule has 1 fully saturated rings. The Balaban J connectivity index is 2.53. The van der Waals surface area contributed by atoms with Gasteiger partial charge in [0.05, 0.1) is 26.4 Å². The summed E-state index contributed by atoms with van der Waals surface area (Å²) in [6.45, 7) is 7.40. The second kappa shape index (κ2) is 9.73. The molecule has 8 heteroatoms. The molecule has 22 heavy (non-hydrogen) atoms. The molecule has 0 radical (unpaired) electrons. The van der Waals surface area contributed by atoms with Crippen molar-refractivity contribution < 1.29 is 30.5 Å². The van der Waals surface area contributed by atoms with Crippen LogP contribution in [0.1, 0.15) is 13.8 Å². The number of rotatable bonds is 2. The van der Waals surface area contributed by atoms with E-state index in [0.717, 1.165) is 0 Å². The molecule has 0 aromatic heterocycles. The number of quaternary nitrogens is 2. The zero-order valence-corrected chi connectivity index (χ0v) is 13.8. The fraction of sp³-hybridized carbons (Fsp3) is 0.857. The summed E-state index contributed by atoms with van der Waals surface area (Å²) in [4.78, 5) is 27.5. The van der Waals surface area contributed by atoms with Crippen molar-refractivity contribution in [2.75, 3.05) is 52.6 Å². The van der Waals surface area contributed by atoms with Crippen LogP contribution in [0.25, 0.3) is 0 Å². The predicted octanol–water partition coefficient (Wildman–Crippen LogP) is -3.05. The van der Waals surface area contributed by atoms with Gasteiger partial charge in [-0.05, 0) is 13.8 Å². The van der Waals surface area contributed by atoms with Gasteiger partial charge in [0.1, 0.15) is 0 Å². The summed E-state index contributed by atoms with van der Waals surface area (Å²) in [5.41, 5.74) is 7.53. The Morgan fingerprint density at radius 2 is 1.05 bits per heavy atom. The number of hydrogen-bond donors (Lipinski definition) is 2. The van der Waals surface area contributed by atoms with Crippen LogP contribution in [0.4, 0.5) is 0 Å². The van der Waals surface area contributed by atoms with Crippen LogP contribution in [0.2, 0.25) is 0 Å². The molecule has 1 rings (SSSR count). The third-order valence-corrected chi connectivity index (χ3v) is 3.49. The number of ether oxygens (including phenoxy) is 2. The number of hydrogen-bond acceptors (Lipinski definition) is 4. The van der Waals surface area contributed by atoms with Gasteiger partial charge in [-0.2, -0.15) is 0 Å². The minimum absolute atomic E-state index is 0.00643. The Bertz CT molecular complexity index is 317. The minimum Gasteiger partial charge on any atom is -0.378 e. The lowest BCUT2D eigenvalue weighted by atomic mass is 10.3. The van der Waals surface area contributed by atoms with Gasteiger partial charge in [-0.15, -0.1) is 0 Å². The van der Waals surface area contributed by atoms with Crippen LogP contribution < -0.4 is 11.5 Å². The van der Waals surface area contributed by atoms with Gasteiger partial charge in [-0.1, -0.05) is 0 Å². The topological polar surface area (TPSA) is 114 Å². The van der Waals surface area contributed by atoms with Gasteiger partial charge < -0.3 is 30.7 Å². The molecule has 0 unspecified atom stereocenters. The van der Waals surface area contributed by atoms with Gasteiger partial charge in [-0.3, -0.25) is 9.59 Å². The van der Waals surface area contributed by atoms with Crippen LogP contribution in [-0.4, -0.2) is 86.3 Å². The van der Waals surface area contributed by atoms with Crippen LogP contribution in [0.3, 0.4) is 0 Å². The third kappa shape index (κ3) is 6.27. The van der Waals surface area contributed by atoms with Crippen LogP contribution in [0.15, 0.2) is 0 Å². The van der Waals surface area contributed by atoms with E-state index in [1.165, 1.54) is 0 Å². The predicted molar refractivity (Wildman–Crippen MR) is 79.5 cm³/mol. The Morgan fingerprint density at radius 3 is 1.27 bits per heavy atom. The standard InChI is InChI=1S/C14H28N4O4/c1-11(15)13(19)17-3-7-21-9-5-18(14(20)12(2)16)6-10-22-8-4-17/h11-12H,3-10,15-16H2,1-2H3/p+2/t11-,12-/m1/s1. The van der Waals surface area contributed by atoms with Crippen molar-refractivity contribution in [2.45, 2.75) is 25.9 Å². The molecule has 128 valence electrons. The number of carbonyl (C=O) groups is 2. The zero-order valence-electron chi connectivity index (χ0n) is 13.8. The molecule has 1 heterocycles. The van der Waals surface area contributed by atoms with Crippen molar-refractivity contribution in [2.24, 2.45) is 0 Å². The highest BCUT2D eigenvalue weighted by atomic mass is 16.5. The van der Waals surface area contributed by atoms with Crippen LogP contribution in [-0.2, 0) is 19.1 Å². The Hall–Kier alpha value is -1.22. The summed E-state index contributed by atoms with van der Waals surface area (Å²) in [6, 6.07) is -0.556. The van der Waals surface area contributed by atoms with E-state index < -0.39 is 0 Å². The highest BCUT2D eigenvalue weighted by Crippen LogP contribution is 1.98. The maximum Gasteiger partial charge on any atom is 0.280 e. The van der Waals surface area contributed by atoms with Gasteiger partial charge in [0, 0.05) is 26.2 Å². The van der Waals surface area contributed by atoms with Crippen LogP contribution in [0, 0.1) is 0 Å². The van der Waals surface area contributed by atoms with Crippen molar-refractivity contribution in [3.05, 3.63) is 0 Å². The van der Waals surface area contributed by atoms with E-state index in [1.807, 2.05) is 0 Å². The summed E-state index contributed by atoms with van der Waals surface area (Å²) in [5, 5.41) is 0. The molecular formula is C14H30N4O4+2. The first-order valence-electron chi connectivity index (χ1n) is 7.82. The first kappa shape index (κ1) is 18.8. The lowest BCUT2D eigenvalue weighted by Crippen LogP contribution is -2.67. The monoisotopic (exact) mass is 318 g/mol. The van der Waals surface area contributed by atoms with E-state index in [0.29, 0.717) is 52.6 Å². The normalized spacial score (nSPS) is 21.5. The van der Waals surface area contributed by atoms with E-state index in [9.17, 15) is 9.59 Å². The smallest absolute Gasteiger partial charge is 0.280 e. The van der Waals surface area contributed by atoms with Gasteiger partial charge >= 0.3 is 0 Å². The summed E-state index contributed by atoms with van der Waals surface area (Å²) in [7, 11) is 0. The average Bonchev–Trinajstić information content (AvgIpc) is 2.46. The molecule has 0 aliphatic carbocycles. The van der Waals surface area contributed by atoms with E-state index in [4.69, 9.17) is 9.47 Å². The average molecular weight is 318 g/mol. The summed E-state index contributed by atoms with van der Waals surface area (Å²) in [6.07, 6.45) is 0. The maximum absolute atomic E-state index is 12.0. The molecule has 1 saturated heterocycles. The summed E-state index contributed by atoms with van der Waals surface area (Å²) in [5.74, 6) is 0.0129. The largest absolute Gasteiger partial charge is 0.378 e. The number of carbonyl (C=O) groups excluding carboxylic acids is 2. The maximum atomic E-state index is 12.0. The number of amides is 2. The minimum atomic E-state index is -0.278.